The molecule has 2 atom stereocenters. The van der Waals surface area contributed by atoms with Crippen LogP contribution in [0.1, 0.15) is 53.9 Å². The van der Waals surface area contributed by atoms with Crippen LogP contribution in [0.15, 0.2) is 0 Å². The number of rotatable bonds is 8. The zero-order chi connectivity index (χ0) is 14.5. The SMILES string of the molecule is CCOC1CC(NC(=O)CCCNC(C)C)C1(C)C. The third-order valence-corrected chi connectivity index (χ3v) is 4.01. The van der Waals surface area contributed by atoms with Crippen molar-refractivity contribution in [2.75, 3.05) is 13.2 Å². The van der Waals surface area contributed by atoms with Crippen LogP contribution in [0.4, 0.5) is 0 Å². The highest BCUT2D eigenvalue weighted by molar-refractivity contribution is 5.76. The van der Waals surface area contributed by atoms with Crippen molar-refractivity contribution in [1.82, 2.24) is 10.6 Å². The highest BCUT2D eigenvalue weighted by Crippen LogP contribution is 2.42. The van der Waals surface area contributed by atoms with Gasteiger partial charge < -0.3 is 15.4 Å². The lowest BCUT2D eigenvalue weighted by Gasteiger charge is -2.51. The summed E-state index contributed by atoms with van der Waals surface area (Å²) in [5.74, 6) is 0.165. The van der Waals surface area contributed by atoms with Crippen molar-refractivity contribution in [2.45, 2.75) is 72.1 Å². The van der Waals surface area contributed by atoms with Gasteiger partial charge in [-0.15, -0.1) is 0 Å². The molecule has 19 heavy (non-hydrogen) atoms. The van der Waals surface area contributed by atoms with Gasteiger partial charge in [0.2, 0.25) is 5.91 Å². The van der Waals surface area contributed by atoms with Crippen LogP contribution in [0.3, 0.4) is 0 Å². The molecule has 1 aliphatic rings. The molecule has 1 amide bonds. The second-order valence-electron chi connectivity index (χ2n) is 6.33. The predicted octanol–water partition coefficient (Wildman–Crippen LogP) is 2.08. The zero-order valence-corrected chi connectivity index (χ0v) is 13.1. The van der Waals surface area contributed by atoms with Crippen molar-refractivity contribution in [1.29, 1.82) is 0 Å². The molecular weight excluding hydrogens is 240 g/mol. The van der Waals surface area contributed by atoms with E-state index in [0.29, 0.717) is 12.5 Å². The summed E-state index contributed by atoms with van der Waals surface area (Å²) in [6.45, 7) is 12.2. The summed E-state index contributed by atoms with van der Waals surface area (Å²) in [5, 5.41) is 6.46. The first kappa shape index (κ1) is 16.4. The van der Waals surface area contributed by atoms with Crippen molar-refractivity contribution in [3.63, 3.8) is 0 Å². The summed E-state index contributed by atoms with van der Waals surface area (Å²) in [6, 6.07) is 0.746. The quantitative estimate of drug-likeness (QED) is 0.664. The highest BCUT2D eigenvalue weighted by Gasteiger charge is 2.49. The molecule has 1 rings (SSSR count). The summed E-state index contributed by atoms with van der Waals surface area (Å²) in [7, 11) is 0. The molecule has 0 aliphatic heterocycles. The van der Waals surface area contributed by atoms with Crippen LogP contribution in [0.5, 0.6) is 0 Å². The first-order valence-corrected chi connectivity index (χ1v) is 7.52. The lowest BCUT2D eigenvalue weighted by molar-refractivity contribution is -0.136. The van der Waals surface area contributed by atoms with E-state index in [2.05, 4.69) is 38.3 Å². The Morgan fingerprint density at radius 2 is 2.11 bits per heavy atom. The molecular formula is C15H30N2O2. The minimum absolute atomic E-state index is 0.0574. The van der Waals surface area contributed by atoms with Gasteiger partial charge in [0.15, 0.2) is 0 Å². The molecule has 0 bridgehead atoms. The molecule has 2 unspecified atom stereocenters. The number of nitrogens with one attached hydrogen (secondary N) is 2. The Morgan fingerprint density at radius 1 is 1.42 bits per heavy atom. The van der Waals surface area contributed by atoms with Gasteiger partial charge in [-0.25, -0.2) is 0 Å². The Kier molecular flexibility index (Phi) is 6.27. The van der Waals surface area contributed by atoms with Gasteiger partial charge in [0.25, 0.3) is 0 Å². The van der Waals surface area contributed by atoms with Crippen LogP contribution in [0.25, 0.3) is 0 Å². The van der Waals surface area contributed by atoms with Crippen molar-refractivity contribution >= 4 is 5.91 Å². The van der Waals surface area contributed by atoms with E-state index in [1.807, 2.05) is 6.92 Å². The molecule has 4 heteroatoms. The Balaban J connectivity index is 2.20. The predicted molar refractivity (Wildman–Crippen MR) is 78.1 cm³/mol. The molecule has 0 aromatic rings. The smallest absolute Gasteiger partial charge is 0.220 e. The molecule has 112 valence electrons. The maximum atomic E-state index is 11.9. The van der Waals surface area contributed by atoms with Gasteiger partial charge in [0, 0.05) is 30.5 Å². The van der Waals surface area contributed by atoms with Crippen LogP contribution in [0.2, 0.25) is 0 Å². The average Bonchev–Trinajstić information content (AvgIpc) is 2.33. The topological polar surface area (TPSA) is 50.4 Å². The van der Waals surface area contributed by atoms with Crippen LogP contribution < -0.4 is 10.6 Å². The normalized spacial score (nSPS) is 25.2. The first-order valence-electron chi connectivity index (χ1n) is 7.52. The van der Waals surface area contributed by atoms with Gasteiger partial charge in [0.05, 0.1) is 6.10 Å². The molecule has 0 radical (unpaired) electrons. The number of amides is 1. The van der Waals surface area contributed by atoms with Crippen molar-refractivity contribution in [3.05, 3.63) is 0 Å². The molecule has 1 aliphatic carbocycles. The maximum Gasteiger partial charge on any atom is 0.220 e. The van der Waals surface area contributed by atoms with Crippen LogP contribution in [0, 0.1) is 5.41 Å². The summed E-state index contributed by atoms with van der Waals surface area (Å²) in [4.78, 5) is 11.9. The van der Waals surface area contributed by atoms with E-state index in [0.717, 1.165) is 26.0 Å². The summed E-state index contributed by atoms with van der Waals surface area (Å²) < 4.78 is 5.67. The zero-order valence-electron chi connectivity index (χ0n) is 13.1. The fraction of sp³-hybridized carbons (Fsp3) is 0.933. The van der Waals surface area contributed by atoms with E-state index >= 15 is 0 Å². The van der Waals surface area contributed by atoms with Gasteiger partial charge in [-0.1, -0.05) is 27.7 Å². The van der Waals surface area contributed by atoms with E-state index in [9.17, 15) is 4.79 Å². The Morgan fingerprint density at radius 3 is 2.63 bits per heavy atom. The fourth-order valence-corrected chi connectivity index (χ4v) is 2.52. The third-order valence-electron chi connectivity index (χ3n) is 4.01. The van der Waals surface area contributed by atoms with Crippen molar-refractivity contribution in [3.8, 4) is 0 Å². The minimum Gasteiger partial charge on any atom is -0.378 e. The van der Waals surface area contributed by atoms with Gasteiger partial charge in [-0.2, -0.15) is 0 Å². The fourth-order valence-electron chi connectivity index (χ4n) is 2.52. The number of carbonyl (C=O) groups is 1. The van der Waals surface area contributed by atoms with Crippen LogP contribution in [-0.2, 0) is 9.53 Å². The summed E-state index contributed by atoms with van der Waals surface area (Å²) in [6.07, 6.45) is 2.72. The van der Waals surface area contributed by atoms with Gasteiger partial charge in [0.1, 0.15) is 0 Å². The first-order chi connectivity index (χ1) is 8.87. The average molecular weight is 270 g/mol. The molecule has 4 nitrogen and oxygen atoms in total. The molecule has 0 heterocycles. The van der Waals surface area contributed by atoms with Gasteiger partial charge >= 0.3 is 0 Å². The number of hydrogen-bond donors (Lipinski definition) is 2. The molecule has 0 aromatic carbocycles. The molecule has 1 saturated carbocycles. The lowest BCUT2D eigenvalue weighted by Crippen LogP contribution is -2.62. The largest absolute Gasteiger partial charge is 0.378 e. The second kappa shape index (κ2) is 7.25. The van der Waals surface area contributed by atoms with E-state index in [1.54, 1.807) is 0 Å². The van der Waals surface area contributed by atoms with Crippen LogP contribution >= 0.6 is 0 Å². The van der Waals surface area contributed by atoms with Gasteiger partial charge in [-0.05, 0) is 26.3 Å². The summed E-state index contributed by atoms with van der Waals surface area (Å²) in [5.41, 5.74) is 0.0574. The Hall–Kier alpha value is -0.610. The Bertz CT molecular complexity index is 290. The Labute approximate surface area is 117 Å². The van der Waals surface area contributed by atoms with E-state index < -0.39 is 0 Å². The monoisotopic (exact) mass is 270 g/mol. The van der Waals surface area contributed by atoms with E-state index in [-0.39, 0.29) is 23.5 Å². The number of ether oxygens (including phenoxy) is 1. The second-order valence-corrected chi connectivity index (χ2v) is 6.33. The number of hydrogen-bond acceptors (Lipinski definition) is 3. The van der Waals surface area contributed by atoms with Gasteiger partial charge in [-0.3, -0.25) is 4.79 Å². The molecule has 0 spiro atoms. The molecule has 2 N–H and O–H groups in total. The van der Waals surface area contributed by atoms with Crippen molar-refractivity contribution in [2.24, 2.45) is 5.41 Å². The molecule has 0 saturated heterocycles. The lowest BCUT2D eigenvalue weighted by atomic mass is 9.64. The summed E-state index contributed by atoms with van der Waals surface area (Å²) >= 11 is 0. The molecule has 0 aromatic heterocycles. The van der Waals surface area contributed by atoms with E-state index in [1.165, 1.54) is 0 Å². The van der Waals surface area contributed by atoms with Crippen molar-refractivity contribution < 1.29 is 9.53 Å². The van der Waals surface area contributed by atoms with E-state index in [4.69, 9.17) is 4.74 Å². The number of carbonyl (C=O) groups excluding carboxylic acids is 1. The maximum absolute atomic E-state index is 11.9. The third kappa shape index (κ3) is 4.77. The molecule has 1 fully saturated rings. The van der Waals surface area contributed by atoms with Crippen LogP contribution in [-0.4, -0.2) is 37.2 Å². The minimum atomic E-state index is 0.0574. The highest BCUT2D eigenvalue weighted by atomic mass is 16.5. The standard InChI is InChI=1S/C15H30N2O2/c1-6-19-13-10-12(15(13,4)5)17-14(18)8-7-9-16-11(2)3/h11-13,16H,6-10H2,1-5H3,(H,17,18).